The van der Waals surface area contributed by atoms with Crippen molar-refractivity contribution in [3.8, 4) is 28.3 Å². The number of rotatable bonds is 11. The van der Waals surface area contributed by atoms with E-state index in [2.05, 4.69) is 34.9 Å². The van der Waals surface area contributed by atoms with Gasteiger partial charge in [0.25, 0.3) is 5.91 Å². The number of carboxylic acids is 1. The van der Waals surface area contributed by atoms with Crippen molar-refractivity contribution < 1.29 is 23.8 Å². The Bertz CT molecular complexity index is 1800. The largest absolute Gasteiger partial charge is 0.493 e. The van der Waals surface area contributed by atoms with E-state index in [1.807, 2.05) is 80.6 Å². The van der Waals surface area contributed by atoms with Crippen molar-refractivity contribution in [3.05, 3.63) is 131 Å². The first-order valence-corrected chi connectivity index (χ1v) is 15.6. The summed E-state index contributed by atoms with van der Waals surface area (Å²) in [5.74, 6) is 0.268. The van der Waals surface area contributed by atoms with Crippen LogP contribution in [0.4, 0.5) is 0 Å². The van der Waals surface area contributed by atoms with Gasteiger partial charge in [0.15, 0.2) is 0 Å². The molecule has 1 fully saturated rings. The van der Waals surface area contributed by atoms with Crippen molar-refractivity contribution in [1.82, 2.24) is 15.6 Å². The Hall–Kier alpha value is -5.21. The van der Waals surface area contributed by atoms with E-state index in [9.17, 15) is 14.7 Å². The third-order valence-corrected chi connectivity index (χ3v) is 8.54. The zero-order valence-electron chi connectivity index (χ0n) is 25.9. The quantitative estimate of drug-likeness (QED) is 0.147. The number of carbonyl (C=O) groups is 2. The molecule has 8 nitrogen and oxygen atoms in total. The number of nitrogens with zero attached hydrogens (tertiary/aromatic N) is 1. The van der Waals surface area contributed by atoms with Crippen LogP contribution in [0.2, 0.25) is 0 Å². The second kappa shape index (κ2) is 13.8. The number of aromatic nitrogens is 1. The van der Waals surface area contributed by atoms with Crippen LogP contribution in [0.25, 0.3) is 22.6 Å². The zero-order chi connectivity index (χ0) is 32.0. The Kier molecular flexibility index (Phi) is 9.26. The number of oxazole rings is 1. The van der Waals surface area contributed by atoms with Crippen molar-refractivity contribution in [3.63, 3.8) is 0 Å². The molecule has 1 aromatic heterocycles. The summed E-state index contributed by atoms with van der Waals surface area (Å²) in [4.78, 5) is 30.4. The minimum absolute atomic E-state index is 0.234. The van der Waals surface area contributed by atoms with Crippen molar-refractivity contribution in [2.45, 2.75) is 44.7 Å². The summed E-state index contributed by atoms with van der Waals surface area (Å²) >= 11 is 0. The molecule has 3 N–H and O–H groups in total. The van der Waals surface area contributed by atoms with Crippen molar-refractivity contribution in [1.29, 1.82) is 0 Å². The van der Waals surface area contributed by atoms with Gasteiger partial charge in [-0.25, -0.2) is 4.98 Å². The fraction of sp³-hybridized carbons (Fsp3) is 0.237. The number of hydrogen-bond acceptors (Lipinski definition) is 6. The van der Waals surface area contributed by atoms with E-state index in [0.29, 0.717) is 48.8 Å². The number of hydrogen-bond donors (Lipinski definition) is 3. The highest BCUT2D eigenvalue weighted by Gasteiger charge is 2.36. The predicted molar refractivity (Wildman–Crippen MR) is 177 cm³/mol. The summed E-state index contributed by atoms with van der Waals surface area (Å²) < 4.78 is 12.1. The van der Waals surface area contributed by atoms with E-state index in [-0.39, 0.29) is 17.9 Å². The third kappa shape index (κ3) is 6.87. The zero-order valence-corrected chi connectivity index (χ0v) is 25.9. The van der Waals surface area contributed by atoms with Gasteiger partial charge in [-0.2, -0.15) is 0 Å². The fourth-order valence-electron chi connectivity index (χ4n) is 6.03. The summed E-state index contributed by atoms with van der Waals surface area (Å²) in [6.45, 7) is 4.71. The SMILES string of the molecule is Cc1oc(-c2ccc(-c3ccccc3)cc2)nc1CCOc1ccc(C2CCN[C@H]2C(=O)O)c(C(=O)NC(C)c2ccccc2)c1. The summed E-state index contributed by atoms with van der Waals surface area (Å²) in [7, 11) is 0. The highest BCUT2D eigenvalue weighted by molar-refractivity contribution is 5.97. The van der Waals surface area contributed by atoms with Crippen LogP contribution in [0, 0.1) is 6.92 Å². The molecule has 1 amide bonds. The number of ether oxygens (including phenoxy) is 1. The maximum Gasteiger partial charge on any atom is 0.321 e. The normalized spacial score (nSPS) is 16.6. The Morgan fingerprint density at radius 3 is 2.35 bits per heavy atom. The van der Waals surface area contributed by atoms with Crippen LogP contribution in [-0.2, 0) is 11.2 Å². The first-order valence-electron chi connectivity index (χ1n) is 15.6. The van der Waals surface area contributed by atoms with Crippen LogP contribution < -0.4 is 15.4 Å². The van der Waals surface area contributed by atoms with Gasteiger partial charge in [0, 0.05) is 23.5 Å². The average molecular weight is 616 g/mol. The van der Waals surface area contributed by atoms with E-state index < -0.39 is 12.0 Å². The molecular formula is C38H37N3O5. The van der Waals surface area contributed by atoms with Gasteiger partial charge in [-0.15, -0.1) is 0 Å². The lowest BCUT2D eigenvalue weighted by atomic mass is 9.87. The number of carboxylic acid groups (broad SMARTS) is 1. The molecule has 4 aromatic carbocycles. The first-order chi connectivity index (χ1) is 22.4. The monoisotopic (exact) mass is 615 g/mol. The molecular weight excluding hydrogens is 578 g/mol. The maximum atomic E-state index is 13.7. The average Bonchev–Trinajstić information content (AvgIpc) is 3.73. The summed E-state index contributed by atoms with van der Waals surface area (Å²) in [6.07, 6.45) is 1.13. The molecule has 234 valence electrons. The van der Waals surface area contributed by atoms with E-state index >= 15 is 0 Å². The van der Waals surface area contributed by atoms with Gasteiger partial charge < -0.3 is 24.9 Å². The van der Waals surface area contributed by atoms with Gasteiger partial charge in [-0.3, -0.25) is 9.59 Å². The van der Waals surface area contributed by atoms with Crippen LogP contribution in [0.3, 0.4) is 0 Å². The molecule has 2 unspecified atom stereocenters. The molecule has 0 saturated carbocycles. The Balaban J connectivity index is 1.16. The van der Waals surface area contributed by atoms with Gasteiger partial charge in [-0.05, 0) is 73.3 Å². The number of benzene rings is 4. The number of aryl methyl sites for hydroxylation is 1. The van der Waals surface area contributed by atoms with Crippen LogP contribution in [-0.4, -0.2) is 41.2 Å². The molecule has 1 saturated heterocycles. The highest BCUT2D eigenvalue weighted by atomic mass is 16.5. The Labute approximate surface area is 268 Å². The van der Waals surface area contributed by atoms with Crippen molar-refractivity contribution >= 4 is 11.9 Å². The van der Waals surface area contributed by atoms with Crippen LogP contribution in [0.5, 0.6) is 5.75 Å². The molecule has 0 aliphatic carbocycles. The van der Waals surface area contributed by atoms with E-state index in [1.54, 1.807) is 12.1 Å². The topological polar surface area (TPSA) is 114 Å². The molecule has 2 heterocycles. The van der Waals surface area contributed by atoms with Gasteiger partial charge in [-0.1, -0.05) is 78.9 Å². The van der Waals surface area contributed by atoms with E-state index in [1.165, 1.54) is 0 Å². The van der Waals surface area contributed by atoms with Crippen LogP contribution >= 0.6 is 0 Å². The molecule has 1 aliphatic heterocycles. The van der Waals surface area contributed by atoms with Gasteiger partial charge >= 0.3 is 5.97 Å². The molecule has 0 spiro atoms. The second-order valence-electron chi connectivity index (χ2n) is 11.6. The summed E-state index contributed by atoms with van der Waals surface area (Å²) in [5, 5.41) is 15.9. The molecule has 5 aromatic rings. The van der Waals surface area contributed by atoms with Gasteiger partial charge in [0.2, 0.25) is 5.89 Å². The number of carbonyl (C=O) groups excluding carboxylic acids is 1. The van der Waals surface area contributed by atoms with Crippen molar-refractivity contribution in [2.24, 2.45) is 0 Å². The lowest BCUT2D eigenvalue weighted by Crippen LogP contribution is -2.35. The highest BCUT2D eigenvalue weighted by Crippen LogP contribution is 2.33. The Morgan fingerprint density at radius 2 is 1.63 bits per heavy atom. The minimum atomic E-state index is -0.929. The predicted octanol–water partition coefficient (Wildman–Crippen LogP) is 6.96. The minimum Gasteiger partial charge on any atom is -0.493 e. The lowest BCUT2D eigenvalue weighted by Gasteiger charge is -2.22. The number of amides is 1. The summed E-state index contributed by atoms with van der Waals surface area (Å²) in [6, 6.07) is 32.4. The molecule has 0 radical (unpaired) electrons. The van der Waals surface area contributed by atoms with Gasteiger partial charge in [0.1, 0.15) is 17.6 Å². The molecule has 3 atom stereocenters. The van der Waals surface area contributed by atoms with E-state index in [0.717, 1.165) is 33.7 Å². The first kappa shape index (κ1) is 30.8. The number of aliphatic carboxylic acids is 1. The van der Waals surface area contributed by atoms with Crippen LogP contribution in [0.15, 0.2) is 108 Å². The molecule has 46 heavy (non-hydrogen) atoms. The standard InChI is InChI=1S/C38H37N3O5/c1-24(26-9-5-3-6-10-26)40-36(42)33-23-30(17-18-31(33)32-19-21-39-35(32)38(43)44)45-22-20-34-25(2)46-37(41-34)29-15-13-28(14-16-29)27-11-7-4-8-12-27/h3-18,23-24,32,35,39H,19-22H2,1-2H3,(H,40,42)(H,43,44)/t24?,32?,35-/m1/s1. The smallest absolute Gasteiger partial charge is 0.321 e. The lowest BCUT2D eigenvalue weighted by molar-refractivity contribution is -0.139. The van der Waals surface area contributed by atoms with E-state index in [4.69, 9.17) is 14.1 Å². The third-order valence-electron chi connectivity index (χ3n) is 8.54. The van der Waals surface area contributed by atoms with Gasteiger partial charge in [0.05, 0.1) is 18.3 Å². The molecule has 8 heteroatoms. The van der Waals surface area contributed by atoms with Crippen molar-refractivity contribution in [2.75, 3.05) is 13.2 Å². The van der Waals surface area contributed by atoms with Crippen LogP contribution in [0.1, 0.15) is 58.2 Å². The second-order valence-corrected chi connectivity index (χ2v) is 11.6. The summed E-state index contributed by atoms with van der Waals surface area (Å²) in [5.41, 5.74) is 6.05. The maximum absolute atomic E-state index is 13.7. The molecule has 0 bridgehead atoms. The molecule has 1 aliphatic rings. The fourth-order valence-corrected chi connectivity index (χ4v) is 6.03. The molecule has 6 rings (SSSR count). The number of nitrogens with one attached hydrogen (secondary N) is 2. The Morgan fingerprint density at radius 1 is 0.957 bits per heavy atom.